The van der Waals surface area contributed by atoms with Gasteiger partial charge in [0, 0.05) is 26.2 Å². The number of nitrogens with one attached hydrogen (secondary N) is 1. The standard InChI is InChI=1S/C14H27N3O/c1-12(13(18)17-10-6-15-7-11-17)16-8-4-14(2,3)5-9-16/h12,15H,4-11H2,1-3H3. The van der Waals surface area contributed by atoms with Crippen molar-refractivity contribution in [2.24, 2.45) is 5.41 Å². The highest BCUT2D eigenvalue weighted by Gasteiger charge is 2.32. The number of rotatable bonds is 2. The molecule has 1 N–H and O–H groups in total. The number of piperidine rings is 1. The molecule has 0 aromatic rings. The summed E-state index contributed by atoms with van der Waals surface area (Å²) in [6, 6.07) is 0.0548. The lowest BCUT2D eigenvalue weighted by atomic mass is 9.82. The average Bonchev–Trinajstić information content (AvgIpc) is 2.38. The number of likely N-dealkylation sites (tertiary alicyclic amines) is 1. The van der Waals surface area contributed by atoms with Gasteiger partial charge < -0.3 is 10.2 Å². The first-order valence-electron chi connectivity index (χ1n) is 7.23. The molecule has 4 nitrogen and oxygen atoms in total. The third-order valence-corrected chi connectivity index (χ3v) is 4.49. The van der Waals surface area contributed by atoms with E-state index in [1.165, 1.54) is 12.8 Å². The van der Waals surface area contributed by atoms with E-state index in [0.29, 0.717) is 11.3 Å². The quantitative estimate of drug-likeness (QED) is 0.795. The fourth-order valence-corrected chi connectivity index (χ4v) is 2.82. The number of hydrogen-bond acceptors (Lipinski definition) is 3. The van der Waals surface area contributed by atoms with E-state index in [4.69, 9.17) is 0 Å². The Labute approximate surface area is 111 Å². The lowest BCUT2D eigenvalue weighted by Gasteiger charge is -2.41. The number of nitrogens with zero attached hydrogens (tertiary/aromatic N) is 2. The van der Waals surface area contributed by atoms with Crippen LogP contribution in [0.5, 0.6) is 0 Å². The number of piperazine rings is 1. The molecule has 0 spiro atoms. The van der Waals surface area contributed by atoms with Crippen molar-refractivity contribution < 1.29 is 4.79 Å². The maximum atomic E-state index is 12.4. The fraction of sp³-hybridized carbons (Fsp3) is 0.929. The predicted octanol–water partition coefficient (Wildman–Crippen LogP) is 0.929. The SMILES string of the molecule is CC(C(=O)N1CCNCC1)N1CCC(C)(C)CC1. The van der Waals surface area contributed by atoms with Crippen molar-refractivity contribution in [1.29, 1.82) is 0 Å². The van der Waals surface area contributed by atoms with Crippen molar-refractivity contribution >= 4 is 5.91 Å². The van der Waals surface area contributed by atoms with E-state index in [9.17, 15) is 4.79 Å². The molecule has 0 saturated carbocycles. The predicted molar refractivity (Wildman–Crippen MR) is 73.5 cm³/mol. The normalized spacial score (nSPS) is 26.9. The first-order chi connectivity index (χ1) is 8.49. The zero-order valence-corrected chi connectivity index (χ0v) is 12.0. The highest BCUT2D eigenvalue weighted by molar-refractivity contribution is 5.81. The van der Waals surface area contributed by atoms with Crippen LogP contribution in [-0.2, 0) is 4.79 Å². The van der Waals surface area contributed by atoms with Crippen LogP contribution in [0.4, 0.5) is 0 Å². The smallest absolute Gasteiger partial charge is 0.239 e. The Hall–Kier alpha value is -0.610. The van der Waals surface area contributed by atoms with E-state index < -0.39 is 0 Å². The zero-order chi connectivity index (χ0) is 13.2. The van der Waals surface area contributed by atoms with Crippen molar-refractivity contribution in [2.75, 3.05) is 39.3 Å². The molecule has 1 unspecified atom stereocenters. The minimum absolute atomic E-state index is 0.0548. The van der Waals surface area contributed by atoms with Gasteiger partial charge in [0.1, 0.15) is 0 Å². The lowest BCUT2D eigenvalue weighted by molar-refractivity contribution is -0.137. The summed E-state index contributed by atoms with van der Waals surface area (Å²) in [5.74, 6) is 0.316. The first kappa shape index (κ1) is 13.8. The summed E-state index contributed by atoms with van der Waals surface area (Å²) in [7, 11) is 0. The third kappa shape index (κ3) is 3.23. The van der Waals surface area contributed by atoms with Gasteiger partial charge >= 0.3 is 0 Å². The second kappa shape index (κ2) is 5.57. The number of amides is 1. The van der Waals surface area contributed by atoms with Crippen LogP contribution in [-0.4, -0.2) is 61.0 Å². The molecule has 0 aliphatic carbocycles. The molecule has 2 aliphatic rings. The van der Waals surface area contributed by atoms with Gasteiger partial charge in [0.15, 0.2) is 0 Å². The van der Waals surface area contributed by atoms with Crippen LogP contribution >= 0.6 is 0 Å². The van der Waals surface area contributed by atoms with E-state index >= 15 is 0 Å². The first-order valence-corrected chi connectivity index (χ1v) is 7.23. The van der Waals surface area contributed by atoms with Crippen LogP contribution in [0.1, 0.15) is 33.6 Å². The van der Waals surface area contributed by atoms with Gasteiger partial charge in [-0.2, -0.15) is 0 Å². The van der Waals surface area contributed by atoms with Gasteiger partial charge in [-0.3, -0.25) is 9.69 Å². The van der Waals surface area contributed by atoms with E-state index in [-0.39, 0.29) is 6.04 Å². The van der Waals surface area contributed by atoms with Gasteiger partial charge in [-0.1, -0.05) is 13.8 Å². The Morgan fingerprint density at radius 2 is 1.67 bits per heavy atom. The minimum Gasteiger partial charge on any atom is -0.339 e. The van der Waals surface area contributed by atoms with Crippen LogP contribution in [0.25, 0.3) is 0 Å². The largest absolute Gasteiger partial charge is 0.339 e. The lowest BCUT2D eigenvalue weighted by Crippen LogP contribution is -2.54. The summed E-state index contributed by atoms with van der Waals surface area (Å²) < 4.78 is 0. The molecule has 0 aromatic carbocycles. The second-order valence-corrected chi connectivity index (χ2v) is 6.45. The molecular weight excluding hydrogens is 226 g/mol. The molecule has 18 heavy (non-hydrogen) atoms. The third-order valence-electron chi connectivity index (χ3n) is 4.49. The molecule has 0 bridgehead atoms. The summed E-state index contributed by atoms with van der Waals surface area (Å²) in [5.41, 5.74) is 0.453. The highest BCUT2D eigenvalue weighted by Crippen LogP contribution is 2.30. The molecule has 104 valence electrons. The summed E-state index contributed by atoms with van der Waals surface area (Å²) in [6.07, 6.45) is 2.40. The van der Waals surface area contributed by atoms with Crippen molar-refractivity contribution in [3.63, 3.8) is 0 Å². The maximum Gasteiger partial charge on any atom is 0.239 e. The van der Waals surface area contributed by atoms with Gasteiger partial charge in [0.05, 0.1) is 6.04 Å². The fourth-order valence-electron chi connectivity index (χ4n) is 2.82. The van der Waals surface area contributed by atoms with Gasteiger partial charge in [-0.15, -0.1) is 0 Å². The van der Waals surface area contributed by atoms with Gasteiger partial charge in [0.2, 0.25) is 5.91 Å². The molecule has 1 amide bonds. The molecule has 0 radical (unpaired) electrons. The molecule has 2 aliphatic heterocycles. The summed E-state index contributed by atoms with van der Waals surface area (Å²) in [6.45, 7) is 12.4. The monoisotopic (exact) mass is 253 g/mol. The molecule has 2 saturated heterocycles. The van der Waals surface area contributed by atoms with Crippen molar-refractivity contribution in [3.8, 4) is 0 Å². The Morgan fingerprint density at radius 1 is 1.11 bits per heavy atom. The maximum absolute atomic E-state index is 12.4. The molecule has 0 aromatic heterocycles. The summed E-state index contributed by atoms with van der Waals surface area (Å²) in [5, 5.41) is 3.29. The highest BCUT2D eigenvalue weighted by atomic mass is 16.2. The van der Waals surface area contributed by atoms with Gasteiger partial charge in [-0.05, 0) is 38.3 Å². The molecule has 2 heterocycles. The van der Waals surface area contributed by atoms with E-state index in [0.717, 1.165) is 39.3 Å². The van der Waals surface area contributed by atoms with Crippen molar-refractivity contribution in [1.82, 2.24) is 15.1 Å². The van der Waals surface area contributed by atoms with E-state index in [2.05, 4.69) is 31.0 Å². The van der Waals surface area contributed by atoms with Crippen LogP contribution in [0.3, 0.4) is 0 Å². The summed E-state index contributed by atoms with van der Waals surface area (Å²) in [4.78, 5) is 16.8. The average molecular weight is 253 g/mol. The topological polar surface area (TPSA) is 35.6 Å². The number of carbonyl (C=O) groups excluding carboxylic acids is 1. The van der Waals surface area contributed by atoms with Gasteiger partial charge in [0.25, 0.3) is 0 Å². The molecule has 2 fully saturated rings. The molecule has 1 atom stereocenters. The Morgan fingerprint density at radius 3 is 2.22 bits per heavy atom. The second-order valence-electron chi connectivity index (χ2n) is 6.45. The zero-order valence-electron chi connectivity index (χ0n) is 12.0. The number of hydrogen-bond donors (Lipinski definition) is 1. The van der Waals surface area contributed by atoms with E-state index in [1.54, 1.807) is 0 Å². The Balaban J connectivity index is 1.87. The molecular formula is C14H27N3O. The van der Waals surface area contributed by atoms with Crippen molar-refractivity contribution in [3.05, 3.63) is 0 Å². The van der Waals surface area contributed by atoms with Crippen LogP contribution < -0.4 is 5.32 Å². The molecule has 2 rings (SSSR count). The number of carbonyl (C=O) groups is 1. The van der Waals surface area contributed by atoms with Crippen LogP contribution in [0.15, 0.2) is 0 Å². The Bertz CT molecular complexity index is 287. The van der Waals surface area contributed by atoms with E-state index in [1.807, 2.05) is 4.90 Å². The minimum atomic E-state index is 0.0548. The molecule has 4 heteroatoms. The Kier molecular flexibility index (Phi) is 4.28. The van der Waals surface area contributed by atoms with Gasteiger partial charge in [-0.25, -0.2) is 0 Å². The van der Waals surface area contributed by atoms with Crippen molar-refractivity contribution in [2.45, 2.75) is 39.7 Å². The van der Waals surface area contributed by atoms with Crippen LogP contribution in [0, 0.1) is 5.41 Å². The van der Waals surface area contributed by atoms with Crippen LogP contribution in [0.2, 0.25) is 0 Å². The summed E-state index contributed by atoms with van der Waals surface area (Å²) >= 11 is 0.